The molecule has 3 heteroatoms. The third kappa shape index (κ3) is 4.21. The number of rotatable bonds is 6. The summed E-state index contributed by atoms with van der Waals surface area (Å²) >= 11 is 0. The first-order valence-electron chi connectivity index (χ1n) is 6.32. The molecular weight excluding hydrogens is 238 g/mol. The molecule has 0 aliphatic rings. The van der Waals surface area contributed by atoms with Crippen molar-refractivity contribution in [3.8, 4) is 5.75 Å². The Morgan fingerprint density at radius 2 is 2.11 bits per heavy atom. The predicted octanol–water partition coefficient (Wildman–Crippen LogP) is 2.83. The maximum absolute atomic E-state index is 11.9. The van der Waals surface area contributed by atoms with Crippen LogP contribution in [-0.4, -0.2) is 17.9 Å². The number of pyridine rings is 1. The number of Topliss-reactive ketones (excluding diaryl/α,β-unsaturated/α-hetero) is 1. The number of aromatic nitrogens is 1. The van der Waals surface area contributed by atoms with Gasteiger partial charge < -0.3 is 4.74 Å². The molecule has 0 fully saturated rings. The molecule has 0 spiro atoms. The van der Waals surface area contributed by atoms with Gasteiger partial charge >= 0.3 is 0 Å². The van der Waals surface area contributed by atoms with E-state index in [0.29, 0.717) is 19.3 Å². The van der Waals surface area contributed by atoms with E-state index >= 15 is 0 Å². The lowest BCUT2D eigenvalue weighted by atomic mass is 10.0. The lowest BCUT2D eigenvalue weighted by Crippen LogP contribution is -2.05. The van der Waals surface area contributed by atoms with Crippen LogP contribution in [0.1, 0.15) is 17.7 Å². The number of methoxy groups -OCH3 is 1. The van der Waals surface area contributed by atoms with Crippen LogP contribution in [0.2, 0.25) is 0 Å². The zero-order valence-corrected chi connectivity index (χ0v) is 11.0. The van der Waals surface area contributed by atoms with E-state index in [1.54, 1.807) is 13.3 Å². The summed E-state index contributed by atoms with van der Waals surface area (Å²) in [5.41, 5.74) is 1.95. The number of ether oxygens (including phenoxy) is 1. The number of ketones is 1. The van der Waals surface area contributed by atoms with Gasteiger partial charge in [0, 0.05) is 24.7 Å². The first-order valence-corrected chi connectivity index (χ1v) is 6.32. The van der Waals surface area contributed by atoms with Gasteiger partial charge in [-0.05, 0) is 36.2 Å². The summed E-state index contributed by atoms with van der Waals surface area (Å²) in [7, 11) is 1.63. The van der Waals surface area contributed by atoms with E-state index < -0.39 is 0 Å². The topological polar surface area (TPSA) is 39.2 Å². The van der Waals surface area contributed by atoms with E-state index in [9.17, 15) is 4.79 Å². The minimum atomic E-state index is 0.221. The van der Waals surface area contributed by atoms with Crippen LogP contribution in [-0.2, 0) is 17.6 Å². The molecule has 3 nitrogen and oxygen atoms in total. The van der Waals surface area contributed by atoms with Gasteiger partial charge in [-0.3, -0.25) is 9.78 Å². The predicted molar refractivity (Wildman–Crippen MR) is 74.3 cm³/mol. The number of carbonyl (C=O) groups excluding carboxylic acids is 1. The molecule has 1 aromatic carbocycles. The monoisotopic (exact) mass is 255 g/mol. The lowest BCUT2D eigenvalue weighted by Gasteiger charge is -2.04. The first kappa shape index (κ1) is 13.3. The van der Waals surface area contributed by atoms with Gasteiger partial charge in [-0.15, -0.1) is 0 Å². The Labute approximate surface area is 113 Å². The van der Waals surface area contributed by atoms with E-state index in [-0.39, 0.29) is 5.78 Å². The van der Waals surface area contributed by atoms with Crippen LogP contribution >= 0.6 is 0 Å². The molecule has 0 unspecified atom stereocenters. The molecule has 1 aromatic heterocycles. The van der Waals surface area contributed by atoms with Gasteiger partial charge in [-0.25, -0.2) is 0 Å². The van der Waals surface area contributed by atoms with Gasteiger partial charge in [-0.1, -0.05) is 18.2 Å². The molecule has 98 valence electrons. The zero-order chi connectivity index (χ0) is 13.5. The summed E-state index contributed by atoms with van der Waals surface area (Å²) in [4.78, 5) is 16.1. The fraction of sp³-hybridized carbons (Fsp3) is 0.250. The molecule has 19 heavy (non-hydrogen) atoms. The Kier molecular flexibility index (Phi) is 4.67. The normalized spacial score (nSPS) is 10.2. The highest BCUT2D eigenvalue weighted by molar-refractivity contribution is 5.81. The Balaban J connectivity index is 1.87. The van der Waals surface area contributed by atoms with Gasteiger partial charge in [0.05, 0.1) is 7.11 Å². The van der Waals surface area contributed by atoms with Crippen LogP contribution < -0.4 is 4.74 Å². The summed E-state index contributed by atoms with van der Waals surface area (Å²) in [6.07, 6.45) is 3.42. The number of benzene rings is 1. The number of hydrogen-bond acceptors (Lipinski definition) is 3. The van der Waals surface area contributed by atoms with E-state index in [0.717, 1.165) is 17.0 Å². The molecular formula is C16H17NO2. The van der Waals surface area contributed by atoms with E-state index in [1.807, 2.05) is 42.5 Å². The quantitative estimate of drug-likeness (QED) is 0.796. The molecule has 0 saturated carbocycles. The SMILES string of the molecule is COc1cccc(CC(=O)CCc2ccccn2)c1. The molecule has 0 atom stereocenters. The standard InChI is InChI=1S/C16H17NO2/c1-19-16-7-4-5-13(12-16)11-15(18)9-8-14-6-2-3-10-17-14/h2-7,10,12H,8-9,11H2,1H3. The highest BCUT2D eigenvalue weighted by Crippen LogP contribution is 2.14. The van der Waals surface area contributed by atoms with E-state index in [4.69, 9.17) is 4.74 Å². The molecule has 2 rings (SSSR count). The van der Waals surface area contributed by atoms with Crippen LogP contribution in [0.3, 0.4) is 0 Å². The highest BCUT2D eigenvalue weighted by atomic mass is 16.5. The molecule has 2 aromatic rings. The summed E-state index contributed by atoms with van der Waals surface area (Å²) in [6, 6.07) is 13.4. The smallest absolute Gasteiger partial charge is 0.137 e. The van der Waals surface area contributed by atoms with Crippen LogP contribution in [0, 0.1) is 0 Å². The zero-order valence-electron chi connectivity index (χ0n) is 11.0. The second-order valence-corrected chi connectivity index (χ2v) is 4.39. The van der Waals surface area contributed by atoms with Crippen molar-refractivity contribution in [3.05, 3.63) is 59.9 Å². The van der Waals surface area contributed by atoms with Crippen molar-refractivity contribution in [2.75, 3.05) is 7.11 Å². The largest absolute Gasteiger partial charge is 0.497 e. The number of hydrogen-bond donors (Lipinski definition) is 0. The molecule has 0 saturated heterocycles. The Bertz CT molecular complexity index is 537. The minimum absolute atomic E-state index is 0.221. The molecule has 0 radical (unpaired) electrons. The van der Waals surface area contributed by atoms with Gasteiger partial charge in [0.15, 0.2) is 0 Å². The van der Waals surface area contributed by atoms with Crippen molar-refractivity contribution >= 4 is 5.78 Å². The number of aryl methyl sites for hydroxylation is 1. The van der Waals surface area contributed by atoms with Crippen LogP contribution in [0.5, 0.6) is 5.75 Å². The molecule has 0 aliphatic carbocycles. The average molecular weight is 255 g/mol. The Morgan fingerprint density at radius 1 is 1.21 bits per heavy atom. The molecule has 0 aliphatic heterocycles. The van der Waals surface area contributed by atoms with Crippen LogP contribution in [0.4, 0.5) is 0 Å². The fourth-order valence-corrected chi connectivity index (χ4v) is 1.91. The Morgan fingerprint density at radius 3 is 2.84 bits per heavy atom. The highest BCUT2D eigenvalue weighted by Gasteiger charge is 2.05. The van der Waals surface area contributed by atoms with Gasteiger partial charge in [-0.2, -0.15) is 0 Å². The summed E-state index contributed by atoms with van der Waals surface area (Å²) in [5, 5.41) is 0. The molecule has 0 amide bonds. The van der Waals surface area contributed by atoms with Crippen molar-refractivity contribution in [1.82, 2.24) is 4.98 Å². The third-order valence-corrected chi connectivity index (χ3v) is 2.92. The lowest BCUT2D eigenvalue weighted by molar-refractivity contribution is -0.118. The molecule has 0 N–H and O–H groups in total. The molecule has 0 bridgehead atoms. The fourth-order valence-electron chi connectivity index (χ4n) is 1.91. The summed E-state index contributed by atoms with van der Waals surface area (Å²) in [6.45, 7) is 0. The average Bonchev–Trinajstić information content (AvgIpc) is 2.46. The third-order valence-electron chi connectivity index (χ3n) is 2.92. The number of nitrogens with zero attached hydrogens (tertiary/aromatic N) is 1. The summed E-state index contributed by atoms with van der Waals surface area (Å²) in [5.74, 6) is 1.01. The Hall–Kier alpha value is -2.16. The van der Waals surface area contributed by atoms with E-state index in [1.165, 1.54) is 0 Å². The van der Waals surface area contributed by atoms with Crippen LogP contribution in [0.15, 0.2) is 48.7 Å². The van der Waals surface area contributed by atoms with Crippen molar-refractivity contribution in [2.24, 2.45) is 0 Å². The van der Waals surface area contributed by atoms with Crippen molar-refractivity contribution in [3.63, 3.8) is 0 Å². The van der Waals surface area contributed by atoms with Gasteiger partial charge in [0.25, 0.3) is 0 Å². The van der Waals surface area contributed by atoms with Gasteiger partial charge in [0.1, 0.15) is 11.5 Å². The maximum atomic E-state index is 11.9. The summed E-state index contributed by atoms with van der Waals surface area (Å²) < 4.78 is 5.14. The minimum Gasteiger partial charge on any atom is -0.497 e. The first-order chi connectivity index (χ1) is 9.28. The number of carbonyl (C=O) groups is 1. The van der Waals surface area contributed by atoms with Crippen molar-refractivity contribution in [1.29, 1.82) is 0 Å². The van der Waals surface area contributed by atoms with Crippen LogP contribution in [0.25, 0.3) is 0 Å². The second-order valence-electron chi connectivity index (χ2n) is 4.39. The second kappa shape index (κ2) is 6.69. The van der Waals surface area contributed by atoms with Crippen molar-refractivity contribution in [2.45, 2.75) is 19.3 Å². The maximum Gasteiger partial charge on any atom is 0.137 e. The van der Waals surface area contributed by atoms with Crippen molar-refractivity contribution < 1.29 is 9.53 Å². The van der Waals surface area contributed by atoms with E-state index in [2.05, 4.69) is 4.98 Å². The molecule has 1 heterocycles. The van der Waals surface area contributed by atoms with Gasteiger partial charge in [0.2, 0.25) is 0 Å².